The lowest BCUT2D eigenvalue weighted by atomic mass is 10.2. The predicted molar refractivity (Wildman–Crippen MR) is 69.9 cm³/mol. The first-order chi connectivity index (χ1) is 8.40. The first kappa shape index (κ1) is 14.0. The predicted octanol–water partition coefficient (Wildman–Crippen LogP) is 2.50. The van der Waals surface area contributed by atoms with Crippen molar-refractivity contribution < 1.29 is 14.7 Å². The number of hydrogen-bond acceptors (Lipinski definition) is 2. The van der Waals surface area contributed by atoms with Crippen LogP contribution >= 0.6 is 0 Å². The second-order valence-corrected chi connectivity index (χ2v) is 4.59. The van der Waals surface area contributed by atoms with E-state index in [2.05, 4.69) is 5.32 Å². The molecule has 98 valence electrons. The van der Waals surface area contributed by atoms with E-state index in [1.54, 1.807) is 24.1 Å². The Morgan fingerprint density at radius 1 is 1.39 bits per heavy atom. The Morgan fingerprint density at radius 2 is 2.06 bits per heavy atom. The molecule has 0 aromatic heterocycles. The van der Waals surface area contributed by atoms with Gasteiger partial charge in [0.25, 0.3) is 0 Å². The molecule has 0 aliphatic rings. The summed E-state index contributed by atoms with van der Waals surface area (Å²) in [5, 5.41) is 11.5. The molecule has 2 amide bonds. The first-order valence-corrected chi connectivity index (χ1v) is 5.75. The van der Waals surface area contributed by atoms with Crippen LogP contribution in [-0.2, 0) is 0 Å². The second kappa shape index (κ2) is 6.05. The third-order valence-electron chi connectivity index (χ3n) is 2.35. The van der Waals surface area contributed by atoms with Crippen LogP contribution in [0.25, 0.3) is 0 Å². The molecule has 5 heteroatoms. The molecule has 0 unspecified atom stereocenters. The van der Waals surface area contributed by atoms with Crippen LogP contribution in [0.4, 0.5) is 10.5 Å². The molecule has 0 atom stereocenters. The number of urea groups is 1. The van der Waals surface area contributed by atoms with Gasteiger partial charge in [0.2, 0.25) is 0 Å². The molecule has 1 aromatic carbocycles. The van der Waals surface area contributed by atoms with E-state index in [1.807, 2.05) is 13.8 Å². The van der Waals surface area contributed by atoms with E-state index in [0.29, 0.717) is 18.2 Å². The van der Waals surface area contributed by atoms with Gasteiger partial charge in [-0.1, -0.05) is 19.9 Å². The number of carboxylic acid groups (broad SMARTS) is 1. The van der Waals surface area contributed by atoms with Crippen molar-refractivity contribution in [3.05, 3.63) is 29.8 Å². The standard InChI is InChI=1S/C13H18N2O3/c1-9(2)8-15(3)13(18)14-11-6-4-5-10(7-11)12(16)17/h4-7,9H,8H2,1-3H3,(H,14,18)(H,16,17). The minimum absolute atomic E-state index is 0.152. The minimum Gasteiger partial charge on any atom is -0.478 e. The van der Waals surface area contributed by atoms with Crippen molar-refractivity contribution in [3.63, 3.8) is 0 Å². The van der Waals surface area contributed by atoms with Gasteiger partial charge in [-0.3, -0.25) is 0 Å². The largest absolute Gasteiger partial charge is 0.478 e. The number of aromatic carboxylic acids is 1. The number of hydrogen-bond donors (Lipinski definition) is 2. The van der Waals surface area contributed by atoms with Gasteiger partial charge >= 0.3 is 12.0 Å². The molecule has 0 aliphatic carbocycles. The number of carbonyl (C=O) groups excluding carboxylic acids is 1. The average Bonchev–Trinajstić information content (AvgIpc) is 2.28. The molecule has 5 nitrogen and oxygen atoms in total. The monoisotopic (exact) mass is 250 g/mol. The van der Waals surface area contributed by atoms with Gasteiger partial charge in [-0.2, -0.15) is 0 Å². The molecule has 0 fully saturated rings. The Morgan fingerprint density at radius 3 is 2.61 bits per heavy atom. The molecule has 1 rings (SSSR count). The van der Waals surface area contributed by atoms with Crippen molar-refractivity contribution >= 4 is 17.7 Å². The van der Waals surface area contributed by atoms with Gasteiger partial charge in [0.05, 0.1) is 5.56 Å². The van der Waals surface area contributed by atoms with Crippen LogP contribution in [0.15, 0.2) is 24.3 Å². The quantitative estimate of drug-likeness (QED) is 0.862. The summed E-state index contributed by atoms with van der Waals surface area (Å²) < 4.78 is 0. The average molecular weight is 250 g/mol. The fraction of sp³-hybridized carbons (Fsp3) is 0.385. The molecule has 0 saturated carbocycles. The highest BCUT2D eigenvalue weighted by molar-refractivity contribution is 5.93. The Balaban J connectivity index is 2.70. The van der Waals surface area contributed by atoms with Crippen molar-refractivity contribution in [2.24, 2.45) is 5.92 Å². The molecule has 0 heterocycles. The fourth-order valence-corrected chi connectivity index (χ4v) is 1.58. The molecule has 0 spiro atoms. The molecular formula is C13H18N2O3. The minimum atomic E-state index is -1.01. The van der Waals surface area contributed by atoms with Crippen LogP contribution in [0.5, 0.6) is 0 Å². The van der Waals surface area contributed by atoms with E-state index < -0.39 is 5.97 Å². The van der Waals surface area contributed by atoms with Crippen LogP contribution < -0.4 is 5.32 Å². The molecule has 0 saturated heterocycles. The van der Waals surface area contributed by atoms with Crippen LogP contribution in [0, 0.1) is 5.92 Å². The Hall–Kier alpha value is -2.04. The molecule has 18 heavy (non-hydrogen) atoms. The summed E-state index contributed by atoms with van der Waals surface area (Å²) in [5.41, 5.74) is 0.634. The second-order valence-electron chi connectivity index (χ2n) is 4.59. The molecular weight excluding hydrogens is 232 g/mol. The normalized spacial score (nSPS) is 10.2. The van der Waals surface area contributed by atoms with Gasteiger partial charge in [-0.25, -0.2) is 9.59 Å². The maximum absolute atomic E-state index is 11.8. The Bertz CT molecular complexity index is 444. The van der Waals surface area contributed by atoms with E-state index >= 15 is 0 Å². The van der Waals surface area contributed by atoms with Crippen molar-refractivity contribution in [2.45, 2.75) is 13.8 Å². The summed E-state index contributed by atoms with van der Waals surface area (Å²) in [6.45, 7) is 4.69. The van der Waals surface area contributed by atoms with Crippen molar-refractivity contribution in [1.82, 2.24) is 4.90 Å². The summed E-state index contributed by atoms with van der Waals surface area (Å²) in [5.74, 6) is -0.632. The summed E-state index contributed by atoms with van der Waals surface area (Å²) >= 11 is 0. The summed E-state index contributed by atoms with van der Waals surface area (Å²) in [6, 6.07) is 5.93. The SMILES string of the molecule is CC(C)CN(C)C(=O)Nc1cccc(C(=O)O)c1. The molecule has 1 aromatic rings. The number of carboxylic acids is 1. The van der Waals surface area contributed by atoms with Gasteiger partial charge in [0, 0.05) is 19.3 Å². The van der Waals surface area contributed by atoms with Gasteiger partial charge in [-0.05, 0) is 24.1 Å². The zero-order valence-electron chi connectivity index (χ0n) is 10.8. The van der Waals surface area contributed by atoms with E-state index in [4.69, 9.17) is 5.11 Å². The van der Waals surface area contributed by atoms with Crippen molar-refractivity contribution in [2.75, 3.05) is 18.9 Å². The highest BCUT2D eigenvalue weighted by Crippen LogP contribution is 2.11. The lowest BCUT2D eigenvalue weighted by Gasteiger charge is -2.20. The molecule has 2 N–H and O–H groups in total. The molecule has 0 bridgehead atoms. The topological polar surface area (TPSA) is 69.6 Å². The summed E-state index contributed by atoms with van der Waals surface area (Å²) in [7, 11) is 1.70. The lowest BCUT2D eigenvalue weighted by Crippen LogP contribution is -2.34. The number of nitrogens with zero attached hydrogens (tertiary/aromatic N) is 1. The highest BCUT2D eigenvalue weighted by Gasteiger charge is 2.11. The Kier molecular flexibility index (Phi) is 4.71. The number of nitrogens with one attached hydrogen (secondary N) is 1. The number of anilines is 1. The third kappa shape index (κ3) is 4.08. The third-order valence-corrected chi connectivity index (χ3v) is 2.35. The van der Waals surface area contributed by atoms with E-state index in [9.17, 15) is 9.59 Å². The van der Waals surface area contributed by atoms with Gasteiger partial charge in [-0.15, -0.1) is 0 Å². The zero-order valence-corrected chi connectivity index (χ0v) is 10.8. The number of carbonyl (C=O) groups is 2. The number of amides is 2. The van der Waals surface area contributed by atoms with E-state index in [1.165, 1.54) is 12.1 Å². The van der Waals surface area contributed by atoms with Gasteiger partial charge in [0.15, 0.2) is 0 Å². The number of benzene rings is 1. The van der Waals surface area contributed by atoms with Crippen LogP contribution in [0.3, 0.4) is 0 Å². The maximum atomic E-state index is 11.8. The number of rotatable bonds is 4. The molecule has 0 radical (unpaired) electrons. The maximum Gasteiger partial charge on any atom is 0.335 e. The van der Waals surface area contributed by atoms with Crippen LogP contribution in [0.1, 0.15) is 24.2 Å². The summed E-state index contributed by atoms with van der Waals surface area (Å²) in [6.07, 6.45) is 0. The summed E-state index contributed by atoms with van der Waals surface area (Å²) in [4.78, 5) is 24.2. The van der Waals surface area contributed by atoms with Crippen LogP contribution in [-0.4, -0.2) is 35.6 Å². The smallest absolute Gasteiger partial charge is 0.335 e. The van der Waals surface area contributed by atoms with E-state index in [0.717, 1.165) is 0 Å². The van der Waals surface area contributed by atoms with E-state index in [-0.39, 0.29) is 11.6 Å². The van der Waals surface area contributed by atoms with Crippen LogP contribution in [0.2, 0.25) is 0 Å². The van der Waals surface area contributed by atoms with Crippen molar-refractivity contribution in [3.8, 4) is 0 Å². The van der Waals surface area contributed by atoms with Gasteiger partial charge in [0.1, 0.15) is 0 Å². The first-order valence-electron chi connectivity index (χ1n) is 5.75. The van der Waals surface area contributed by atoms with Crippen molar-refractivity contribution in [1.29, 1.82) is 0 Å². The van der Waals surface area contributed by atoms with Gasteiger partial charge < -0.3 is 15.3 Å². The fourth-order valence-electron chi connectivity index (χ4n) is 1.58. The zero-order chi connectivity index (χ0) is 13.7. The highest BCUT2D eigenvalue weighted by atomic mass is 16.4. The molecule has 0 aliphatic heterocycles. The lowest BCUT2D eigenvalue weighted by molar-refractivity contribution is 0.0697. The Labute approximate surface area is 106 Å².